The number of aromatic nitrogens is 1. The van der Waals surface area contributed by atoms with Crippen molar-refractivity contribution in [3.05, 3.63) is 36.0 Å². The summed E-state index contributed by atoms with van der Waals surface area (Å²) in [6, 6.07) is 10.7. The summed E-state index contributed by atoms with van der Waals surface area (Å²) in [5.74, 6) is 0.471. The fraction of sp³-hybridized carbons (Fsp3) is 0.500. The van der Waals surface area contributed by atoms with E-state index in [0.29, 0.717) is 9.35 Å². The van der Waals surface area contributed by atoms with E-state index >= 15 is 0 Å². The van der Waals surface area contributed by atoms with Gasteiger partial charge in [-0.15, -0.1) is 0 Å². The summed E-state index contributed by atoms with van der Waals surface area (Å²) >= 11 is -0.578. The van der Waals surface area contributed by atoms with Crippen LogP contribution in [0.4, 0.5) is 0 Å². The molecule has 1 aromatic carbocycles. The second kappa shape index (κ2) is 6.65. The predicted molar refractivity (Wildman–Crippen MR) is 91.3 cm³/mol. The molecule has 0 aliphatic carbocycles. The number of aliphatic hydroxyl groups is 1. The molecule has 0 saturated carbocycles. The van der Waals surface area contributed by atoms with Crippen molar-refractivity contribution in [3.8, 4) is 0 Å². The van der Waals surface area contributed by atoms with Gasteiger partial charge >= 0.3 is 138 Å². The van der Waals surface area contributed by atoms with Crippen LogP contribution in [-0.4, -0.2) is 31.2 Å². The maximum atomic E-state index is 10.2. The first-order valence-electron chi connectivity index (χ1n) is 7.61. The minimum absolute atomic E-state index is 0.456. The Morgan fingerprint density at radius 2 is 1.86 bits per heavy atom. The third kappa shape index (κ3) is 4.96. The molecule has 3 heteroatoms. The summed E-state index contributed by atoms with van der Waals surface area (Å²) < 4.78 is 1.97. The fourth-order valence-electron chi connectivity index (χ4n) is 2.40. The van der Waals surface area contributed by atoms with Gasteiger partial charge in [0.15, 0.2) is 0 Å². The van der Waals surface area contributed by atoms with Gasteiger partial charge in [-0.2, -0.15) is 0 Å². The number of hydrogen-bond acceptors (Lipinski definition) is 2. The number of benzene rings is 1. The molecule has 0 amide bonds. The zero-order chi connectivity index (χ0) is 15.6. The molecule has 0 aliphatic rings. The minimum atomic E-state index is -0.578. The molecule has 2 radical (unpaired) electrons. The molecule has 21 heavy (non-hydrogen) atoms. The molecule has 2 rings (SSSR count). The molecule has 0 saturated heterocycles. The number of nitrogens with zero attached hydrogens (tertiary/aromatic N) is 1. The van der Waals surface area contributed by atoms with E-state index in [1.165, 1.54) is 8.97 Å². The van der Waals surface area contributed by atoms with E-state index in [-0.39, 0.29) is 0 Å². The summed E-state index contributed by atoms with van der Waals surface area (Å²) in [5, 5.41) is 11.4. The Bertz CT molecular complexity index is 616. The molecule has 112 valence electrons. The summed E-state index contributed by atoms with van der Waals surface area (Å²) in [5.41, 5.74) is 1.78. The van der Waals surface area contributed by atoms with E-state index in [2.05, 4.69) is 63.9 Å². The van der Waals surface area contributed by atoms with Crippen molar-refractivity contribution in [3.63, 3.8) is 0 Å². The van der Waals surface area contributed by atoms with Crippen molar-refractivity contribution < 1.29 is 5.11 Å². The fourth-order valence-corrected chi connectivity index (χ4v) is 6.00. The van der Waals surface area contributed by atoms with Gasteiger partial charge in [0.1, 0.15) is 0 Å². The average molecular weight is 390 g/mol. The van der Waals surface area contributed by atoms with Gasteiger partial charge in [0.25, 0.3) is 0 Å². The number of pyridine rings is 1. The van der Waals surface area contributed by atoms with Gasteiger partial charge in [-0.1, -0.05) is 0 Å². The van der Waals surface area contributed by atoms with Crippen molar-refractivity contribution in [1.29, 1.82) is 0 Å². The average Bonchev–Trinajstić information content (AvgIpc) is 2.35. The van der Waals surface area contributed by atoms with Crippen LogP contribution in [0, 0.1) is 5.92 Å². The van der Waals surface area contributed by atoms with Crippen LogP contribution in [0.3, 0.4) is 0 Å². The zero-order valence-electron chi connectivity index (χ0n) is 13.6. The Morgan fingerprint density at radius 1 is 1.14 bits per heavy atom. The molecule has 1 unspecified atom stereocenters. The molecule has 2 nitrogen and oxygen atoms in total. The quantitative estimate of drug-likeness (QED) is 0.805. The maximum absolute atomic E-state index is 10.2. The summed E-state index contributed by atoms with van der Waals surface area (Å²) in [4.78, 5) is 4.63. The van der Waals surface area contributed by atoms with Crippen molar-refractivity contribution in [1.82, 2.24) is 4.98 Å². The Kier molecular flexibility index (Phi) is 5.31. The number of fused-ring (bicyclic) bond motifs is 1. The molecule has 0 aliphatic heterocycles. The van der Waals surface area contributed by atoms with Crippen LogP contribution in [0.1, 0.15) is 52.8 Å². The van der Waals surface area contributed by atoms with E-state index in [1.54, 1.807) is 0 Å². The van der Waals surface area contributed by atoms with E-state index in [0.717, 1.165) is 17.6 Å². The molecule has 0 bridgehead atoms. The van der Waals surface area contributed by atoms with E-state index in [9.17, 15) is 5.11 Å². The first-order valence-corrected chi connectivity index (χ1v) is 10.5. The van der Waals surface area contributed by atoms with Gasteiger partial charge in [0, 0.05) is 0 Å². The third-order valence-corrected chi connectivity index (χ3v) is 7.12. The van der Waals surface area contributed by atoms with E-state index in [4.69, 9.17) is 0 Å². The Hall–Kier alpha value is -0.611. The van der Waals surface area contributed by atoms with Crippen LogP contribution in [0.5, 0.6) is 0 Å². The van der Waals surface area contributed by atoms with Gasteiger partial charge < -0.3 is 0 Å². The first kappa shape index (κ1) is 16.8. The molecule has 1 N–H and O–H groups in total. The third-order valence-electron chi connectivity index (χ3n) is 3.27. The van der Waals surface area contributed by atoms with E-state index in [1.807, 2.05) is 6.07 Å². The van der Waals surface area contributed by atoms with Crippen LogP contribution in [0.15, 0.2) is 30.3 Å². The molecule has 1 aromatic heterocycles. The van der Waals surface area contributed by atoms with Crippen molar-refractivity contribution in [2.45, 2.75) is 50.6 Å². The first-order chi connectivity index (χ1) is 9.74. The molecule has 1 atom stereocenters. The second-order valence-corrected chi connectivity index (χ2v) is 13.8. The number of rotatable bonds is 4. The Morgan fingerprint density at radius 3 is 2.48 bits per heavy atom. The summed E-state index contributed by atoms with van der Waals surface area (Å²) in [6.07, 6.45) is 0.301. The topological polar surface area (TPSA) is 33.1 Å². The Balaban J connectivity index is 2.27. The van der Waals surface area contributed by atoms with Gasteiger partial charge in [-0.3, -0.25) is 0 Å². The van der Waals surface area contributed by atoms with Gasteiger partial charge in [0.05, 0.1) is 0 Å². The summed E-state index contributed by atoms with van der Waals surface area (Å²) in [6.45, 7) is 11.2. The zero-order valence-corrected chi connectivity index (χ0v) is 16.5. The van der Waals surface area contributed by atoms with Gasteiger partial charge in [-0.05, 0) is 0 Å². The monoisotopic (exact) mass is 391 g/mol. The van der Waals surface area contributed by atoms with E-state index < -0.39 is 27.2 Å². The number of aliphatic hydroxyl groups excluding tert-OH is 1. The van der Waals surface area contributed by atoms with Crippen LogP contribution < -0.4 is 3.58 Å². The standard InChI is InChI=1S/C14H16NO.C4H9.Sn/c1-10(2)9-14(16)13-8-7-11-5-3-4-6-12(11)15-13;1-4(2)3;/h4-8,10,14,16H,9H2,1-2H3;1-3H3;. The number of hydrogen-bond donors (Lipinski definition) is 1. The SMILES string of the molecule is CC(C)CC(O)c1ccc2c[c]([Sn][C](C)(C)C)ccc2n1. The van der Waals surface area contributed by atoms with Crippen LogP contribution in [0.25, 0.3) is 10.9 Å². The van der Waals surface area contributed by atoms with Crippen molar-refractivity contribution in [2.75, 3.05) is 0 Å². The van der Waals surface area contributed by atoms with Crippen molar-refractivity contribution >= 4 is 35.6 Å². The molecular formula is C18H25NOSn. The summed E-state index contributed by atoms with van der Waals surface area (Å²) in [7, 11) is 0. The molecular weight excluding hydrogens is 365 g/mol. The van der Waals surface area contributed by atoms with Gasteiger partial charge in [-0.25, -0.2) is 0 Å². The molecule has 1 heterocycles. The normalized spacial score (nSPS) is 13.9. The predicted octanol–water partition coefficient (Wildman–Crippen LogP) is 3.86. The van der Waals surface area contributed by atoms with Crippen LogP contribution in [0.2, 0.25) is 3.43 Å². The van der Waals surface area contributed by atoms with Crippen molar-refractivity contribution in [2.24, 2.45) is 5.92 Å². The second-order valence-electron chi connectivity index (χ2n) is 7.16. The van der Waals surface area contributed by atoms with Gasteiger partial charge in [0.2, 0.25) is 0 Å². The molecule has 0 spiro atoms. The van der Waals surface area contributed by atoms with Crippen LogP contribution in [-0.2, 0) is 0 Å². The molecule has 0 fully saturated rings. The van der Waals surface area contributed by atoms with Crippen LogP contribution >= 0.6 is 0 Å². The molecule has 2 aromatic rings. The Labute approximate surface area is 138 Å².